The van der Waals surface area contributed by atoms with E-state index in [2.05, 4.69) is 49.5 Å². The van der Waals surface area contributed by atoms with E-state index in [0.717, 1.165) is 6.61 Å². The summed E-state index contributed by atoms with van der Waals surface area (Å²) in [5.74, 6) is 0. The molecule has 0 spiro atoms. The monoisotopic (exact) mass is 277 g/mol. The second kappa shape index (κ2) is 10.9. The van der Waals surface area contributed by atoms with Crippen LogP contribution in [0, 0.1) is 0 Å². The summed E-state index contributed by atoms with van der Waals surface area (Å²) in [6.45, 7) is 5.29. The maximum Gasteiger partial charge on any atom is 0.0741 e. The summed E-state index contributed by atoms with van der Waals surface area (Å²) in [6.07, 6.45) is 8.08. The van der Waals surface area contributed by atoms with Crippen LogP contribution in [0.2, 0.25) is 0 Å². The Morgan fingerprint density at radius 2 is 1.65 bits per heavy atom. The second-order valence-electron chi connectivity index (χ2n) is 5.52. The highest BCUT2D eigenvalue weighted by Crippen LogP contribution is 2.18. The van der Waals surface area contributed by atoms with Crippen molar-refractivity contribution in [2.75, 3.05) is 13.7 Å². The Morgan fingerprint density at radius 3 is 2.30 bits per heavy atom. The molecule has 1 aromatic rings. The summed E-state index contributed by atoms with van der Waals surface area (Å²) in [7, 11) is 2.00. The molecular formula is C18H31NO. The summed E-state index contributed by atoms with van der Waals surface area (Å²) >= 11 is 0. The van der Waals surface area contributed by atoms with E-state index in [1.54, 1.807) is 0 Å². The van der Waals surface area contributed by atoms with E-state index in [-0.39, 0.29) is 12.1 Å². The minimum Gasteiger partial charge on any atom is -0.377 e. The quantitative estimate of drug-likeness (QED) is 0.591. The van der Waals surface area contributed by atoms with Gasteiger partial charge in [-0.2, -0.15) is 0 Å². The van der Waals surface area contributed by atoms with Gasteiger partial charge in [-0.05, 0) is 26.0 Å². The summed E-state index contributed by atoms with van der Waals surface area (Å²) < 4.78 is 5.99. The first kappa shape index (κ1) is 17.2. The van der Waals surface area contributed by atoms with Gasteiger partial charge in [-0.15, -0.1) is 0 Å². The number of hydrogen-bond acceptors (Lipinski definition) is 2. The Kier molecular flexibility index (Phi) is 9.35. The van der Waals surface area contributed by atoms with Gasteiger partial charge in [0.25, 0.3) is 0 Å². The normalized spacial score (nSPS) is 14.2. The van der Waals surface area contributed by atoms with E-state index in [1.165, 1.54) is 44.1 Å². The van der Waals surface area contributed by atoms with Gasteiger partial charge in [0.2, 0.25) is 0 Å². The standard InChI is InChI=1S/C18H31NO/c1-4-5-6-7-8-12-15-20-16(2)18(19-3)17-13-10-9-11-14-17/h9-11,13-14,16,18-19H,4-8,12,15H2,1-3H3. The van der Waals surface area contributed by atoms with Crippen molar-refractivity contribution in [1.82, 2.24) is 5.32 Å². The fraction of sp³-hybridized carbons (Fsp3) is 0.667. The third-order valence-electron chi connectivity index (χ3n) is 3.82. The number of nitrogens with one attached hydrogen (secondary N) is 1. The number of unbranched alkanes of at least 4 members (excludes halogenated alkanes) is 5. The predicted molar refractivity (Wildman–Crippen MR) is 87.0 cm³/mol. The molecule has 0 saturated heterocycles. The first-order valence-corrected chi connectivity index (χ1v) is 8.13. The average molecular weight is 277 g/mol. The van der Waals surface area contributed by atoms with Gasteiger partial charge in [0.1, 0.15) is 0 Å². The number of benzene rings is 1. The molecule has 2 unspecified atom stereocenters. The van der Waals surface area contributed by atoms with Gasteiger partial charge in [-0.3, -0.25) is 0 Å². The SMILES string of the molecule is CCCCCCCCOC(C)C(NC)c1ccccc1. The summed E-state index contributed by atoms with van der Waals surface area (Å²) in [6, 6.07) is 10.8. The molecule has 0 aliphatic heterocycles. The fourth-order valence-corrected chi connectivity index (χ4v) is 2.58. The zero-order chi connectivity index (χ0) is 14.6. The first-order valence-electron chi connectivity index (χ1n) is 8.13. The summed E-state index contributed by atoms with van der Waals surface area (Å²) in [5.41, 5.74) is 1.30. The minimum absolute atomic E-state index is 0.207. The van der Waals surface area contributed by atoms with Crippen LogP contribution in [0.15, 0.2) is 30.3 Å². The molecule has 114 valence electrons. The Balaban J connectivity index is 2.22. The lowest BCUT2D eigenvalue weighted by Gasteiger charge is -2.24. The van der Waals surface area contributed by atoms with Crippen LogP contribution in [0.1, 0.15) is 64.0 Å². The Labute approximate surface area is 124 Å². The van der Waals surface area contributed by atoms with Crippen molar-refractivity contribution in [3.8, 4) is 0 Å². The van der Waals surface area contributed by atoms with Crippen LogP contribution in [0.3, 0.4) is 0 Å². The molecule has 0 amide bonds. The average Bonchev–Trinajstić information content (AvgIpc) is 2.48. The summed E-state index contributed by atoms with van der Waals surface area (Å²) in [5, 5.41) is 3.36. The molecule has 0 aromatic heterocycles. The lowest BCUT2D eigenvalue weighted by Crippen LogP contribution is -2.29. The van der Waals surface area contributed by atoms with Crippen LogP contribution >= 0.6 is 0 Å². The molecule has 0 saturated carbocycles. The van der Waals surface area contributed by atoms with Crippen LogP contribution in [0.4, 0.5) is 0 Å². The van der Waals surface area contributed by atoms with E-state index < -0.39 is 0 Å². The number of likely N-dealkylation sites (N-methyl/N-ethyl adjacent to an activating group) is 1. The predicted octanol–water partition coefficient (Wildman–Crippen LogP) is 4.71. The largest absolute Gasteiger partial charge is 0.377 e. The van der Waals surface area contributed by atoms with Crippen molar-refractivity contribution in [3.05, 3.63) is 35.9 Å². The van der Waals surface area contributed by atoms with Gasteiger partial charge in [-0.25, -0.2) is 0 Å². The van der Waals surface area contributed by atoms with Crippen molar-refractivity contribution in [2.24, 2.45) is 0 Å². The van der Waals surface area contributed by atoms with Crippen molar-refractivity contribution in [2.45, 2.75) is 64.5 Å². The molecular weight excluding hydrogens is 246 g/mol. The van der Waals surface area contributed by atoms with Crippen LogP contribution in [0.25, 0.3) is 0 Å². The number of ether oxygens (including phenoxy) is 1. The molecule has 20 heavy (non-hydrogen) atoms. The smallest absolute Gasteiger partial charge is 0.0741 e. The molecule has 0 bridgehead atoms. The van der Waals surface area contributed by atoms with Crippen molar-refractivity contribution in [3.63, 3.8) is 0 Å². The molecule has 0 heterocycles. The van der Waals surface area contributed by atoms with Crippen molar-refractivity contribution in [1.29, 1.82) is 0 Å². The van der Waals surface area contributed by atoms with Crippen LogP contribution < -0.4 is 5.32 Å². The lowest BCUT2D eigenvalue weighted by atomic mass is 10.0. The summed E-state index contributed by atoms with van der Waals surface area (Å²) in [4.78, 5) is 0. The van der Waals surface area contributed by atoms with Crippen LogP contribution in [0.5, 0.6) is 0 Å². The van der Waals surface area contributed by atoms with Crippen molar-refractivity contribution >= 4 is 0 Å². The van der Waals surface area contributed by atoms with Gasteiger partial charge < -0.3 is 10.1 Å². The van der Waals surface area contributed by atoms with E-state index in [1.807, 2.05) is 7.05 Å². The minimum atomic E-state index is 0.207. The molecule has 2 heteroatoms. The van der Waals surface area contributed by atoms with Crippen molar-refractivity contribution < 1.29 is 4.74 Å². The Morgan fingerprint density at radius 1 is 1.00 bits per heavy atom. The maximum atomic E-state index is 5.99. The van der Waals surface area contributed by atoms with E-state index >= 15 is 0 Å². The highest BCUT2D eigenvalue weighted by molar-refractivity contribution is 5.19. The van der Waals surface area contributed by atoms with Crippen LogP contribution in [-0.2, 0) is 4.74 Å². The second-order valence-corrected chi connectivity index (χ2v) is 5.52. The Hall–Kier alpha value is -0.860. The van der Waals surface area contributed by atoms with Crippen LogP contribution in [-0.4, -0.2) is 19.8 Å². The van der Waals surface area contributed by atoms with E-state index in [4.69, 9.17) is 4.74 Å². The number of hydrogen-bond donors (Lipinski definition) is 1. The molecule has 1 N–H and O–H groups in total. The lowest BCUT2D eigenvalue weighted by molar-refractivity contribution is 0.0379. The van der Waals surface area contributed by atoms with Gasteiger partial charge in [0.05, 0.1) is 12.1 Å². The zero-order valence-electron chi connectivity index (χ0n) is 13.4. The molecule has 0 aliphatic rings. The molecule has 0 radical (unpaired) electrons. The molecule has 1 aromatic carbocycles. The van der Waals surface area contributed by atoms with Gasteiger partial charge in [-0.1, -0.05) is 69.4 Å². The molecule has 2 atom stereocenters. The molecule has 0 fully saturated rings. The van der Waals surface area contributed by atoms with Gasteiger partial charge in [0, 0.05) is 6.61 Å². The molecule has 0 aliphatic carbocycles. The number of rotatable bonds is 11. The topological polar surface area (TPSA) is 21.3 Å². The van der Waals surface area contributed by atoms with Gasteiger partial charge >= 0.3 is 0 Å². The molecule has 2 nitrogen and oxygen atoms in total. The highest BCUT2D eigenvalue weighted by Gasteiger charge is 2.17. The first-order chi connectivity index (χ1) is 9.79. The fourth-order valence-electron chi connectivity index (χ4n) is 2.58. The third-order valence-corrected chi connectivity index (χ3v) is 3.82. The third kappa shape index (κ3) is 6.53. The Bertz CT molecular complexity index is 325. The maximum absolute atomic E-state index is 5.99. The van der Waals surface area contributed by atoms with E-state index in [0.29, 0.717) is 0 Å². The zero-order valence-corrected chi connectivity index (χ0v) is 13.4. The molecule has 1 rings (SSSR count). The highest BCUT2D eigenvalue weighted by atomic mass is 16.5. The van der Waals surface area contributed by atoms with Gasteiger partial charge in [0.15, 0.2) is 0 Å². The van der Waals surface area contributed by atoms with E-state index in [9.17, 15) is 0 Å².